The highest BCUT2D eigenvalue weighted by molar-refractivity contribution is 5.83. The van der Waals surface area contributed by atoms with Gasteiger partial charge in [0, 0.05) is 20.2 Å². The van der Waals surface area contributed by atoms with E-state index in [0.29, 0.717) is 19.4 Å². The van der Waals surface area contributed by atoms with Crippen molar-refractivity contribution in [2.24, 2.45) is 5.92 Å². The Kier molecular flexibility index (Phi) is 4.74. The predicted molar refractivity (Wildman–Crippen MR) is 73.1 cm³/mol. The van der Waals surface area contributed by atoms with Crippen molar-refractivity contribution < 1.29 is 19.4 Å². The minimum Gasteiger partial charge on any atom is -0.481 e. The summed E-state index contributed by atoms with van der Waals surface area (Å²) in [5.74, 6) is -1.47. The van der Waals surface area contributed by atoms with Crippen molar-refractivity contribution >= 4 is 11.9 Å². The van der Waals surface area contributed by atoms with Crippen molar-refractivity contribution in [3.63, 3.8) is 0 Å². The Morgan fingerprint density at radius 3 is 2.65 bits per heavy atom. The molecular weight excluding hydrogens is 258 g/mol. The van der Waals surface area contributed by atoms with Gasteiger partial charge >= 0.3 is 5.97 Å². The van der Waals surface area contributed by atoms with Gasteiger partial charge in [-0.25, -0.2) is 0 Å². The molecule has 2 rings (SSSR count). The number of hydrogen-bond acceptors (Lipinski definition) is 3. The van der Waals surface area contributed by atoms with Gasteiger partial charge in [0.1, 0.15) is 0 Å². The fourth-order valence-electron chi connectivity index (χ4n) is 2.55. The fourth-order valence-corrected chi connectivity index (χ4v) is 2.55. The van der Waals surface area contributed by atoms with E-state index in [1.807, 2.05) is 30.3 Å². The van der Waals surface area contributed by atoms with E-state index in [0.717, 1.165) is 5.56 Å². The summed E-state index contributed by atoms with van der Waals surface area (Å²) in [4.78, 5) is 25.2. The minimum atomic E-state index is -0.837. The van der Waals surface area contributed by atoms with Crippen LogP contribution in [0.25, 0.3) is 0 Å². The van der Waals surface area contributed by atoms with Crippen molar-refractivity contribution in [1.29, 1.82) is 0 Å². The predicted octanol–water partition coefficient (Wildman–Crippen LogP) is 1.70. The van der Waals surface area contributed by atoms with Gasteiger partial charge in [0.25, 0.3) is 5.91 Å². The van der Waals surface area contributed by atoms with Gasteiger partial charge in [0.2, 0.25) is 0 Å². The maximum atomic E-state index is 12.5. The Morgan fingerprint density at radius 2 is 2.05 bits per heavy atom. The zero-order valence-electron chi connectivity index (χ0n) is 11.5. The van der Waals surface area contributed by atoms with E-state index >= 15 is 0 Å². The topological polar surface area (TPSA) is 66.8 Å². The van der Waals surface area contributed by atoms with E-state index in [-0.39, 0.29) is 12.5 Å². The molecule has 1 aliphatic rings. The van der Waals surface area contributed by atoms with Gasteiger partial charge in [-0.2, -0.15) is 0 Å². The third kappa shape index (κ3) is 3.17. The second kappa shape index (κ2) is 6.52. The number of nitrogens with zero attached hydrogens (tertiary/aromatic N) is 1. The summed E-state index contributed by atoms with van der Waals surface area (Å²) in [5, 5.41) is 9.08. The molecule has 1 N–H and O–H groups in total. The smallest absolute Gasteiger partial charge is 0.308 e. The van der Waals surface area contributed by atoms with Gasteiger partial charge in [-0.3, -0.25) is 9.59 Å². The molecule has 1 saturated heterocycles. The van der Waals surface area contributed by atoms with Gasteiger partial charge < -0.3 is 14.7 Å². The van der Waals surface area contributed by atoms with Crippen LogP contribution in [0.15, 0.2) is 30.3 Å². The zero-order valence-corrected chi connectivity index (χ0v) is 11.5. The van der Waals surface area contributed by atoms with Crippen molar-refractivity contribution in [3.05, 3.63) is 35.9 Å². The van der Waals surface area contributed by atoms with Crippen LogP contribution >= 0.6 is 0 Å². The average Bonchev–Trinajstić information content (AvgIpc) is 2.49. The number of carbonyl (C=O) groups excluding carboxylic acids is 1. The van der Waals surface area contributed by atoms with E-state index in [4.69, 9.17) is 9.84 Å². The van der Waals surface area contributed by atoms with Crippen LogP contribution in [-0.4, -0.2) is 42.1 Å². The van der Waals surface area contributed by atoms with E-state index in [1.165, 1.54) is 7.11 Å². The van der Waals surface area contributed by atoms with Gasteiger partial charge in [-0.15, -0.1) is 0 Å². The lowest BCUT2D eigenvalue weighted by Crippen LogP contribution is -2.44. The number of benzene rings is 1. The molecule has 1 aromatic carbocycles. The van der Waals surface area contributed by atoms with Gasteiger partial charge in [-0.1, -0.05) is 30.3 Å². The Bertz CT molecular complexity index is 474. The largest absolute Gasteiger partial charge is 0.481 e. The van der Waals surface area contributed by atoms with Crippen molar-refractivity contribution in [2.45, 2.75) is 18.9 Å². The lowest BCUT2D eigenvalue weighted by molar-refractivity contribution is -0.149. The molecule has 0 aromatic heterocycles. The normalized spacial score (nSPS) is 20.4. The molecule has 0 unspecified atom stereocenters. The lowest BCUT2D eigenvalue weighted by Gasteiger charge is -2.33. The summed E-state index contributed by atoms with van der Waals surface area (Å²) in [6.45, 7) is 0.857. The second-order valence-corrected chi connectivity index (χ2v) is 4.99. The molecular formula is C15H19NO4. The van der Waals surface area contributed by atoms with Gasteiger partial charge in [-0.05, 0) is 18.4 Å². The Hall–Kier alpha value is -1.88. The van der Waals surface area contributed by atoms with Crippen LogP contribution < -0.4 is 0 Å². The molecule has 1 aliphatic heterocycles. The number of piperidine rings is 1. The highest BCUT2D eigenvalue weighted by Crippen LogP contribution is 2.23. The summed E-state index contributed by atoms with van der Waals surface area (Å²) in [7, 11) is 1.49. The van der Waals surface area contributed by atoms with Crippen LogP contribution in [0.1, 0.15) is 24.5 Å². The van der Waals surface area contributed by atoms with Crippen LogP contribution in [0.2, 0.25) is 0 Å². The molecule has 1 amide bonds. The van der Waals surface area contributed by atoms with E-state index in [1.54, 1.807) is 4.90 Å². The molecule has 1 fully saturated rings. The van der Waals surface area contributed by atoms with Crippen LogP contribution in [0.5, 0.6) is 0 Å². The minimum absolute atomic E-state index is 0.162. The summed E-state index contributed by atoms with van der Waals surface area (Å²) in [6.07, 6.45) is 0.680. The van der Waals surface area contributed by atoms with Gasteiger partial charge in [0.15, 0.2) is 6.10 Å². The number of carbonyl (C=O) groups is 2. The number of amides is 1. The molecule has 1 heterocycles. The number of carboxylic acid groups (broad SMARTS) is 1. The number of carboxylic acids is 1. The molecule has 5 heteroatoms. The number of hydrogen-bond donors (Lipinski definition) is 1. The molecule has 108 valence electrons. The van der Waals surface area contributed by atoms with E-state index in [9.17, 15) is 9.59 Å². The molecule has 0 bridgehead atoms. The number of rotatable bonds is 4. The first-order valence-electron chi connectivity index (χ1n) is 6.73. The van der Waals surface area contributed by atoms with Crippen molar-refractivity contribution in [1.82, 2.24) is 4.90 Å². The van der Waals surface area contributed by atoms with Crippen LogP contribution in [0.4, 0.5) is 0 Å². The van der Waals surface area contributed by atoms with Gasteiger partial charge in [0.05, 0.1) is 5.92 Å². The Morgan fingerprint density at radius 1 is 1.35 bits per heavy atom. The number of methoxy groups -OCH3 is 1. The van der Waals surface area contributed by atoms with E-state index in [2.05, 4.69) is 0 Å². The number of likely N-dealkylation sites (tertiary alicyclic amines) is 1. The summed E-state index contributed by atoms with van der Waals surface area (Å²) in [5.41, 5.74) is 0.789. The second-order valence-electron chi connectivity index (χ2n) is 4.99. The first kappa shape index (κ1) is 14.5. The summed E-state index contributed by atoms with van der Waals surface area (Å²) < 4.78 is 5.31. The van der Waals surface area contributed by atoms with Crippen molar-refractivity contribution in [3.8, 4) is 0 Å². The van der Waals surface area contributed by atoms with Crippen molar-refractivity contribution in [2.75, 3.05) is 20.2 Å². The SMILES string of the molecule is CO[C@@H](C(=O)N1CCC[C@H](C(=O)O)C1)c1ccccc1. The molecule has 5 nitrogen and oxygen atoms in total. The third-order valence-corrected chi connectivity index (χ3v) is 3.64. The first-order chi connectivity index (χ1) is 9.63. The van der Waals surface area contributed by atoms with Crippen LogP contribution in [0.3, 0.4) is 0 Å². The summed E-state index contributed by atoms with van der Waals surface area (Å²) in [6, 6.07) is 9.26. The fraction of sp³-hybridized carbons (Fsp3) is 0.467. The average molecular weight is 277 g/mol. The molecule has 0 aliphatic carbocycles. The van der Waals surface area contributed by atoms with Crippen LogP contribution in [-0.2, 0) is 14.3 Å². The molecule has 2 atom stereocenters. The highest BCUT2D eigenvalue weighted by atomic mass is 16.5. The molecule has 0 radical (unpaired) electrons. The quantitative estimate of drug-likeness (QED) is 0.909. The third-order valence-electron chi connectivity index (χ3n) is 3.64. The molecule has 0 spiro atoms. The Labute approximate surface area is 118 Å². The zero-order chi connectivity index (χ0) is 14.5. The van der Waals surface area contributed by atoms with E-state index < -0.39 is 18.0 Å². The molecule has 0 saturated carbocycles. The maximum Gasteiger partial charge on any atom is 0.308 e. The monoisotopic (exact) mass is 277 g/mol. The lowest BCUT2D eigenvalue weighted by atomic mass is 9.97. The summed E-state index contributed by atoms with van der Waals surface area (Å²) >= 11 is 0. The first-order valence-corrected chi connectivity index (χ1v) is 6.73. The molecule has 20 heavy (non-hydrogen) atoms. The Balaban J connectivity index is 2.11. The standard InChI is InChI=1S/C15H19NO4/c1-20-13(11-6-3-2-4-7-11)14(17)16-9-5-8-12(10-16)15(18)19/h2-4,6-7,12-13H,5,8-10H2,1H3,(H,18,19)/t12-,13+/m0/s1. The number of aliphatic carboxylic acids is 1. The number of ether oxygens (including phenoxy) is 1. The highest BCUT2D eigenvalue weighted by Gasteiger charge is 2.32. The molecule has 1 aromatic rings. The maximum absolute atomic E-state index is 12.5. The van der Waals surface area contributed by atoms with Crippen LogP contribution in [0, 0.1) is 5.92 Å².